The van der Waals surface area contributed by atoms with Crippen LogP contribution < -0.4 is 26.6 Å². The highest BCUT2D eigenvalue weighted by Gasteiger charge is 2.63. The summed E-state index contributed by atoms with van der Waals surface area (Å²) in [5.41, 5.74) is -5.37. The summed E-state index contributed by atoms with van der Waals surface area (Å²) in [6, 6.07) is 2.09. The molecule has 6 heterocycles. The molecule has 19 heteroatoms. The normalized spacial score (nSPS) is 31.6. The summed E-state index contributed by atoms with van der Waals surface area (Å²) in [5, 5.41) is 23.6. The molecule has 6 fully saturated rings. The number of amides is 8. The number of ether oxygens (including phenoxy) is 1. The summed E-state index contributed by atoms with van der Waals surface area (Å²) in [7, 11) is 1.13. The van der Waals surface area contributed by atoms with Gasteiger partial charge in [-0.15, -0.1) is 0 Å². The second-order valence-electron chi connectivity index (χ2n) is 17.1. The Morgan fingerprint density at radius 1 is 0.807 bits per heavy atom. The molecule has 6 aliphatic rings. The highest BCUT2D eigenvalue weighted by Crippen LogP contribution is 2.40. The maximum atomic E-state index is 14.8. The number of benzene rings is 1. The molecule has 0 radical (unpaired) electrons. The van der Waals surface area contributed by atoms with Crippen molar-refractivity contribution in [1.82, 2.24) is 41.3 Å². The van der Waals surface area contributed by atoms with Gasteiger partial charge in [0.1, 0.15) is 41.0 Å². The SMILES string of the molecule is COC(=O)[C@@]1(NC(=O)[C@H](Cc2ccc(O)cc2)NC(=O)C(C)(C)C)CC[C@H]2C(=O)N[C@]3(CC[C@H]4C(=O)N[C@]5(CC[C@H]6C(=O)NCC(=O)N6C5)C(=O)N4C3)C(=O)N2C1. The Labute approximate surface area is 327 Å². The number of methoxy groups -OCH3 is 1. The van der Waals surface area contributed by atoms with Gasteiger partial charge in [0.15, 0.2) is 5.54 Å². The van der Waals surface area contributed by atoms with E-state index >= 15 is 0 Å². The smallest absolute Gasteiger partial charge is 0.333 e. The zero-order valence-electron chi connectivity index (χ0n) is 32.3. The Morgan fingerprint density at radius 3 is 1.89 bits per heavy atom. The van der Waals surface area contributed by atoms with Crippen molar-refractivity contribution >= 4 is 53.2 Å². The van der Waals surface area contributed by atoms with E-state index in [9.17, 15) is 48.3 Å². The van der Waals surface area contributed by atoms with Crippen LogP contribution in [0.4, 0.5) is 0 Å². The maximum Gasteiger partial charge on any atom is 0.333 e. The third-order valence-electron chi connectivity index (χ3n) is 12.3. The number of phenolic OH excluding ortho intramolecular Hbond substituents is 1. The Hall–Kier alpha value is -5.75. The van der Waals surface area contributed by atoms with Crippen LogP contribution in [0, 0.1) is 5.41 Å². The Bertz CT molecular complexity index is 1950. The molecule has 7 rings (SSSR count). The molecule has 6 saturated heterocycles. The number of carbonyl (C=O) groups is 9. The average molecular weight is 793 g/mol. The number of phenols is 1. The number of nitrogens with one attached hydrogen (secondary N) is 5. The first kappa shape index (κ1) is 39.5. The van der Waals surface area contributed by atoms with Crippen molar-refractivity contribution in [2.45, 2.75) is 107 Å². The molecule has 0 aromatic heterocycles. The molecule has 306 valence electrons. The number of fused-ring (bicyclic) bond motifs is 3. The third kappa shape index (κ3) is 6.79. The molecule has 0 unspecified atom stereocenters. The first-order valence-electron chi connectivity index (χ1n) is 19.1. The summed E-state index contributed by atoms with van der Waals surface area (Å²) in [6.45, 7) is 3.72. The Kier molecular flexibility index (Phi) is 9.71. The van der Waals surface area contributed by atoms with E-state index < -0.39 is 100 Å². The fourth-order valence-corrected chi connectivity index (χ4v) is 9.08. The van der Waals surface area contributed by atoms with Gasteiger partial charge in [-0.3, -0.25) is 38.4 Å². The summed E-state index contributed by atoms with van der Waals surface area (Å²) in [6.07, 6.45) is 0.0237. The molecule has 2 spiro atoms. The van der Waals surface area contributed by atoms with Gasteiger partial charge in [0.25, 0.3) is 11.8 Å². The topological polar surface area (TPSA) is 253 Å². The fraction of sp³-hybridized carbons (Fsp3) is 0.605. The second-order valence-corrected chi connectivity index (χ2v) is 17.1. The van der Waals surface area contributed by atoms with Gasteiger partial charge in [-0.1, -0.05) is 32.9 Å². The Morgan fingerprint density at radius 2 is 1.33 bits per heavy atom. The molecule has 0 bridgehead atoms. The zero-order chi connectivity index (χ0) is 41.2. The third-order valence-corrected chi connectivity index (χ3v) is 12.3. The molecule has 8 amide bonds. The standard InChI is InChI=1S/C38H48N8O11/c1-35(2,3)31(53)40-22(15-20-5-7-21(47)8-6-20)27(49)41-38(34(56)57-4)14-11-25-30(52)43-37(33(55)46(25)19-38)13-10-24-29(51)42-36(32(54)45(24)18-37)12-9-23-28(50)39-16-26(48)44(23)17-36/h5-8,22-25,47H,9-19H2,1-4H3,(H,39,50)(H,40,53)(H,41,49)(H,42,51)(H,43,52)/t22-,23-,24-,25-,36-,37-,38+/m0/s1. The van der Waals surface area contributed by atoms with Crippen molar-refractivity contribution in [1.29, 1.82) is 0 Å². The number of rotatable bonds is 6. The quantitative estimate of drug-likeness (QED) is 0.162. The molecule has 6 N–H and O–H groups in total. The molecule has 6 aliphatic heterocycles. The van der Waals surface area contributed by atoms with E-state index in [0.717, 1.165) is 7.11 Å². The minimum Gasteiger partial charge on any atom is -0.508 e. The van der Waals surface area contributed by atoms with Crippen LogP contribution in [0.5, 0.6) is 5.75 Å². The van der Waals surface area contributed by atoms with Gasteiger partial charge >= 0.3 is 5.97 Å². The second kappa shape index (κ2) is 14.0. The number of piperazine rings is 3. The van der Waals surface area contributed by atoms with Gasteiger partial charge in [0.05, 0.1) is 33.3 Å². The van der Waals surface area contributed by atoms with Gasteiger partial charge in [0.2, 0.25) is 35.4 Å². The molecule has 1 aromatic carbocycles. The number of piperidine rings is 3. The van der Waals surface area contributed by atoms with Crippen molar-refractivity contribution in [2.75, 3.05) is 33.3 Å². The van der Waals surface area contributed by atoms with Crippen molar-refractivity contribution in [3.8, 4) is 5.75 Å². The fourth-order valence-electron chi connectivity index (χ4n) is 9.08. The van der Waals surface area contributed by atoms with Crippen molar-refractivity contribution in [3.05, 3.63) is 29.8 Å². The number of aromatic hydroxyl groups is 1. The summed E-state index contributed by atoms with van der Waals surface area (Å²) < 4.78 is 5.17. The largest absolute Gasteiger partial charge is 0.508 e. The molecular formula is C38H48N8O11. The zero-order valence-corrected chi connectivity index (χ0v) is 32.3. The number of nitrogens with zero attached hydrogens (tertiary/aromatic N) is 3. The predicted molar refractivity (Wildman–Crippen MR) is 195 cm³/mol. The van der Waals surface area contributed by atoms with Gasteiger partial charge in [0, 0.05) is 11.8 Å². The highest BCUT2D eigenvalue weighted by atomic mass is 16.5. The molecule has 1 aromatic rings. The van der Waals surface area contributed by atoms with Crippen molar-refractivity contribution in [2.24, 2.45) is 5.41 Å². The van der Waals surface area contributed by atoms with Crippen molar-refractivity contribution in [3.63, 3.8) is 0 Å². The molecule has 0 saturated carbocycles. The van der Waals surface area contributed by atoms with Crippen LogP contribution >= 0.6 is 0 Å². The van der Waals surface area contributed by atoms with Gasteiger partial charge < -0.3 is 51.1 Å². The molecule has 7 atom stereocenters. The van der Waals surface area contributed by atoms with Gasteiger partial charge in [-0.2, -0.15) is 0 Å². The summed E-state index contributed by atoms with van der Waals surface area (Å²) in [5.74, 6) is -4.97. The monoisotopic (exact) mass is 792 g/mol. The molecule has 19 nitrogen and oxygen atoms in total. The lowest BCUT2D eigenvalue weighted by atomic mass is 9.74. The van der Waals surface area contributed by atoms with Crippen LogP contribution in [0.25, 0.3) is 0 Å². The van der Waals surface area contributed by atoms with Crippen LogP contribution in [0.2, 0.25) is 0 Å². The lowest BCUT2D eigenvalue weighted by Crippen LogP contribution is -2.83. The maximum absolute atomic E-state index is 14.8. The molecular weight excluding hydrogens is 744 g/mol. The lowest BCUT2D eigenvalue weighted by molar-refractivity contribution is -0.175. The average Bonchev–Trinajstić information content (AvgIpc) is 3.17. The van der Waals surface area contributed by atoms with Crippen LogP contribution in [0.3, 0.4) is 0 Å². The lowest BCUT2D eigenvalue weighted by Gasteiger charge is -2.58. The van der Waals surface area contributed by atoms with E-state index in [2.05, 4.69) is 26.6 Å². The van der Waals surface area contributed by atoms with E-state index in [1.165, 1.54) is 26.8 Å². The van der Waals surface area contributed by atoms with E-state index in [0.29, 0.717) is 5.56 Å². The molecule has 57 heavy (non-hydrogen) atoms. The Balaban J connectivity index is 1.14. The highest BCUT2D eigenvalue weighted by molar-refractivity contribution is 6.05. The van der Waals surface area contributed by atoms with E-state index in [-0.39, 0.29) is 76.2 Å². The van der Waals surface area contributed by atoms with Crippen LogP contribution in [-0.2, 0) is 54.3 Å². The predicted octanol–water partition coefficient (Wildman–Crippen LogP) is -2.67. The number of carbonyl (C=O) groups excluding carboxylic acids is 9. The van der Waals surface area contributed by atoms with E-state index in [1.807, 2.05) is 0 Å². The summed E-state index contributed by atoms with van der Waals surface area (Å²) >= 11 is 0. The summed E-state index contributed by atoms with van der Waals surface area (Å²) in [4.78, 5) is 127. The first-order chi connectivity index (χ1) is 26.8. The number of hydrogen-bond donors (Lipinski definition) is 6. The van der Waals surface area contributed by atoms with Crippen molar-refractivity contribution < 1.29 is 53.0 Å². The van der Waals surface area contributed by atoms with E-state index in [1.54, 1.807) is 32.9 Å². The first-order valence-corrected chi connectivity index (χ1v) is 19.1. The van der Waals surface area contributed by atoms with Crippen LogP contribution in [0.15, 0.2) is 24.3 Å². The minimum atomic E-state index is -1.84. The molecule has 0 aliphatic carbocycles. The van der Waals surface area contributed by atoms with E-state index in [4.69, 9.17) is 4.74 Å². The number of esters is 1. The van der Waals surface area contributed by atoms with Gasteiger partial charge in [-0.05, 0) is 56.2 Å². The van der Waals surface area contributed by atoms with Gasteiger partial charge in [-0.25, -0.2) is 4.79 Å². The van der Waals surface area contributed by atoms with Crippen LogP contribution in [0.1, 0.15) is 64.9 Å². The minimum absolute atomic E-state index is 0.00493. The number of hydrogen-bond acceptors (Lipinski definition) is 11. The van der Waals surface area contributed by atoms with Crippen LogP contribution in [-0.4, -0.2) is 147 Å².